The molecule has 0 unspecified atom stereocenters. The summed E-state index contributed by atoms with van der Waals surface area (Å²) in [7, 11) is 0. The van der Waals surface area contributed by atoms with Gasteiger partial charge in [0.05, 0.1) is 13.1 Å². The Kier molecular flexibility index (Phi) is 5.41. The van der Waals surface area contributed by atoms with E-state index in [0.717, 1.165) is 22.3 Å². The number of carboxylic acids is 1. The van der Waals surface area contributed by atoms with E-state index in [0.29, 0.717) is 6.42 Å². The first-order valence-corrected chi connectivity index (χ1v) is 10.2. The number of carbonyl (C=O) groups is 3. The molecule has 0 bridgehead atoms. The predicted octanol–water partition coefficient (Wildman–Crippen LogP) is 1.96. The molecule has 2 aromatic carbocycles. The van der Waals surface area contributed by atoms with Gasteiger partial charge in [0.25, 0.3) is 0 Å². The van der Waals surface area contributed by atoms with E-state index >= 15 is 0 Å². The number of β-amino-alcohol motifs (C(OH)–C–C–N with tert-alkyl or cyclic N) is 1. The van der Waals surface area contributed by atoms with Crippen LogP contribution in [0.1, 0.15) is 30.4 Å². The van der Waals surface area contributed by atoms with Gasteiger partial charge < -0.3 is 25.2 Å². The van der Waals surface area contributed by atoms with E-state index in [1.54, 1.807) is 6.92 Å². The lowest BCUT2D eigenvalue weighted by Gasteiger charge is -2.44. The minimum atomic E-state index is -1.92. The number of alkyl carbamates (subject to hydrolysis) is 1. The van der Waals surface area contributed by atoms with E-state index in [-0.39, 0.29) is 25.6 Å². The second kappa shape index (κ2) is 8.03. The van der Waals surface area contributed by atoms with Gasteiger partial charge in [-0.25, -0.2) is 9.59 Å². The maximum atomic E-state index is 12.5. The molecule has 31 heavy (non-hydrogen) atoms. The SMILES string of the molecule is CC[C@@H](NC(=O)OCC1c2ccccc2-c2ccccc21)C(=O)N1CC(O)(C(=O)O)C1. The van der Waals surface area contributed by atoms with E-state index in [4.69, 9.17) is 9.84 Å². The summed E-state index contributed by atoms with van der Waals surface area (Å²) in [4.78, 5) is 37.2. The number of aliphatic hydroxyl groups is 1. The standard InChI is InChI=1S/C23H24N2O6/c1-2-19(20(26)25-12-23(30,13-25)21(27)28)24-22(29)31-11-18-16-9-5-3-7-14(16)15-8-4-6-10-17(15)18/h3-10,18-19,30H,2,11-13H2,1H3,(H,24,29)(H,27,28)/t19-/m1/s1. The average molecular weight is 424 g/mol. The molecule has 1 heterocycles. The van der Waals surface area contributed by atoms with Crippen LogP contribution in [0.5, 0.6) is 0 Å². The van der Waals surface area contributed by atoms with Gasteiger partial charge in [-0.1, -0.05) is 55.5 Å². The normalized spacial score (nSPS) is 17.2. The number of aliphatic carboxylic acids is 1. The van der Waals surface area contributed by atoms with Crippen LogP contribution >= 0.6 is 0 Å². The lowest BCUT2D eigenvalue weighted by molar-refractivity contribution is -0.182. The molecule has 3 N–H and O–H groups in total. The molecule has 8 nitrogen and oxygen atoms in total. The number of carbonyl (C=O) groups excluding carboxylic acids is 2. The first-order valence-electron chi connectivity index (χ1n) is 10.2. The van der Waals surface area contributed by atoms with Gasteiger partial charge in [-0.15, -0.1) is 0 Å². The molecule has 2 amide bonds. The van der Waals surface area contributed by atoms with Crippen molar-refractivity contribution in [2.75, 3.05) is 19.7 Å². The summed E-state index contributed by atoms with van der Waals surface area (Å²) < 4.78 is 5.47. The van der Waals surface area contributed by atoms with Gasteiger partial charge in [0, 0.05) is 5.92 Å². The summed E-state index contributed by atoms with van der Waals surface area (Å²) in [5, 5.41) is 21.3. The minimum absolute atomic E-state index is 0.0881. The van der Waals surface area contributed by atoms with Crippen LogP contribution in [0.3, 0.4) is 0 Å². The second-order valence-corrected chi connectivity index (χ2v) is 7.96. The van der Waals surface area contributed by atoms with Crippen molar-refractivity contribution in [3.05, 3.63) is 59.7 Å². The molecule has 8 heteroatoms. The van der Waals surface area contributed by atoms with Crippen molar-refractivity contribution in [3.8, 4) is 11.1 Å². The number of benzene rings is 2. The van der Waals surface area contributed by atoms with E-state index in [1.807, 2.05) is 48.5 Å². The topological polar surface area (TPSA) is 116 Å². The van der Waals surface area contributed by atoms with E-state index in [2.05, 4.69) is 5.32 Å². The Balaban J connectivity index is 1.37. The number of amides is 2. The molecule has 1 aliphatic heterocycles. The molecule has 4 rings (SSSR count). The lowest BCUT2D eigenvalue weighted by atomic mass is 9.93. The van der Waals surface area contributed by atoms with Crippen LogP contribution in [0.2, 0.25) is 0 Å². The van der Waals surface area contributed by atoms with Crippen molar-refractivity contribution in [2.24, 2.45) is 0 Å². The number of nitrogens with zero attached hydrogens (tertiary/aromatic N) is 1. The first-order chi connectivity index (χ1) is 14.8. The Morgan fingerprint density at radius 3 is 2.16 bits per heavy atom. The summed E-state index contributed by atoms with van der Waals surface area (Å²) in [5.74, 6) is -1.90. The fraction of sp³-hybridized carbons (Fsp3) is 0.348. The third-order valence-corrected chi connectivity index (χ3v) is 5.96. The number of hydrogen-bond donors (Lipinski definition) is 3. The van der Waals surface area contributed by atoms with Gasteiger partial charge >= 0.3 is 12.1 Å². The highest BCUT2D eigenvalue weighted by Crippen LogP contribution is 2.44. The minimum Gasteiger partial charge on any atom is -0.479 e. The summed E-state index contributed by atoms with van der Waals surface area (Å²) in [5.41, 5.74) is 2.51. The molecule has 1 fully saturated rings. The van der Waals surface area contributed by atoms with Crippen LogP contribution in [0, 0.1) is 0 Å². The van der Waals surface area contributed by atoms with E-state index in [1.165, 1.54) is 4.90 Å². The monoisotopic (exact) mass is 424 g/mol. The average Bonchev–Trinajstić information content (AvgIpc) is 3.07. The Bertz CT molecular complexity index is 985. The van der Waals surface area contributed by atoms with Gasteiger partial charge in [0.1, 0.15) is 12.6 Å². The Morgan fingerprint density at radius 2 is 1.65 bits per heavy atom. The molecule has 1 saturated heterocycles. The highest BCUT2D eigenvalue weighted by Gasteiger charge is 2.51. The molecule has 0 spiro atoms. The quantitative estimate of drug-likeness (QED) is 0.653. The predicted molar refractivity (Wildman–Crippen MR) is 111 cm³/mol. The molecule has 2 aromatic rings. The molecule has 0 radical (unpaired) electrons. The van der Waals surface area contributed by atoms with Crippen LogP contribution in [-0.4, -0.2) is 64.4 Å². The molecule has 1 atom stereocenters. The molecule has 1 aliphatic carbocycles. The van der Waals surface area contributed by atoms with Crippen LogP contribution in [0.25, 0.3) is 11.1 Å². The number of hydrogen-bond acceptors (Lipinski definition) is 5. The summed E-state index contributed by atoms with van der Waals surface area (Å²) in [6.07, 6.45) is -0.401. The number of fused-ring (bicyclic) bond motifs is 3. The van der Waals surface area contributed by atoms with Gasteiger partial charge in [-0.2, -0.15) is 0 Å². The molecule has 162 valence electrons. The summed E-state index contributed by atoms with van der Waals surface area (Å²) in [6.45, 7) is 1.26. The van der Waals surface area contributed by atoms with Gasteiger partial charge in [-0.3, -0.25) is 4.79 Å². The van der Waals surface area contributed by atoms with E-state index < -0.39 is 29.6 Å². The number of rotatable bonds is 6. The van der Waals surface area contributed by atoms with Gasteiger partial charge in [-0.05, 0) is 28.7 Å². The molecular formula is C23H24N2O6. The summed E-state index contributed by atoms with van der Waals surface area (Å²) in [6, 6.07) is 15.1. The van der Waals surface area contributed by atoms with Crippen molar-refractivity contribution < 1.29 is 29.3 Å². The van der Waals surface area contributed by atoms with Crippen molar-refractivity contribution in [1.82, 2.24) is 10.2 Å². The number of ether oxygens (including phenoxy) is 1. The Labute approximate surface area is 179 Å². The summed E-state index contributed by atoms with van der Waals surface area (Å²) >= 11 is 0. The first kappa shape index (κ1) is 20.9. The van der Waals surface area contributed by atoms with Crippen LogP contribution in [-0.2, 0) is 14.3 Å². The maximum absolute atomic E-state index is 12.5. The van der Waals surface area contributed by atoms with Gasteiger partial charge in [0.15, 0.2) is 5.60 Å². The molecule has 0 saturated carbocycles. The highest BCUT2D eigenvalue weighted by molar-refractivity contribution is 5.89. The number of nitrogens with one attached hydrogen (secondary N) is 1. The van der Waals surface area contributed by atoms with Crippen molar-refractivity contribution in [1.29, 1.82) is 0 Å². The van der Waals surface area contributed by atoms with E-state index in [9.17, 15) is 19.5 Å². The third kappa shape index (κ3) is 3.74. The van der Waals surface area contributed by atoms with Gasteiger partial charge in [0.2, 0.25) is 5.91 Å². The maximum Gasteiger partial charge on any atom is 0.407 e. The number of likely N-dealkylation sites (tertiary alicyclic amines) is 1. The number of carboxylic acid groups (broad SMARTS) is 1. The fourth-order valence-corrected chi connectivity index (χ4v) is 4.22. The smallest absolute Gasteiger partial charge is 0.407 e. The lowest BCUT2D eigenvalue weighted by Crippen LogP contribution is -2.69. The van der Waals surface area contributed by atoms with Crippen molar-refractivity contribution in [3.63, 3.8) is 0 Å². The zero-order chi connectivity index (χ0) is 22.2. The molecular weight excluding hydrogens is 400 g/mol. The highest BCUT2D eigenvalue weighted by atomic mass is 16.5. The van der Waals surface area contributed by atoms with Crippen molar-refractivity contribution in [2.45, 2.75) is 30.9 Å². The third-order valence-electron chi connectivity index (χ3n) is 5.96. The van der Waals surface area contributed by atoms with Crippen LogP contribution in [0.4, 0.5) is 4.79 Å². The zero-order valence-electron chi connectivity index (χ0n) is 17.1. The Morgan fingerprint density at radius 1 is 1.10 bits per heavy atom. The largest absolute Gasteiger partial charge is 0.479 e. The molecule has 2 aliphatic rings. The van der Waals surface area contributed by atoms with Crippen LogP contribution in [0.15, 0.2) is 48.5 Å². The second-order valence-electron chi connectivity index (χ2n) is 7.96. The van der Waals surface area contributed by atoms with Crippen molar-refractivity contribution >= 4 is 18.0 Å². The van der Waals surface area contributed by atoms with Crippen LogP contribution < -0.4 is 5.32 Å². The fourth-order valence-electron chi connectivity index (χ4n) is 4.22. The zero-order valence-corrected chi connectivity index (χ0v) is 17.1. The Hall–Kier alpha value is -3.39. The molecule has 0 aromatic heterocycles.